The molecule has 2 aromatic rings. The molecule has 1 aliphatic heterocycles. The molecule has 0 aromatic heterocycles. The maximum atomic E-state index is 12.4. The number of ether oxygens (including phenoxy) is 1. The molecule has 6 nitrogen and oxygen atoms in total. The van der Waals surface area contributed by atoms with Gasteiger partial charge >= 0.3 is 0 Å². The topological polar surface area (TPSA) is 66.0 Å². The molecule has 2 aromatic carbocycles. The van der Waals surface area contributed by atoms with E-state index in [0.717, 1.165) is 36.9 Å². The van der Waals surface area contributed by atoms with Gasteiger partial charge < -0.3 is 15.4 Å². The summed E-state index contributed by atoms with van der Waals surface area (Å²) in [6, 6.07) is 18.6. The van der Waals surface area contributed by atoms with Crippen molar-refractivity contribution >= 4 is 40.7 Å². The number of nitrogens with zero attached hydrogens (tertiary/aromatic N) is 2. The quantitative estimate of drug-likeness (QED) is 0.260. The number of methoxy groups -OCH3 is 1. The summed E-state index contributed by atoms with van der Waals surface area (Å²) in [5.41, 5.74) is 2.38. The predicted octanol–water partition coefficient (Wildman–Crippen LogP) is 3.56. The molecule has 0 saturated carbocycles. The summed E-state index contributed by atoms with van der Waals surface area (Å²) < 4.78 is 17.7. The third-order valence-corrected chi connectivity index (χ3v) is 6.88. The highest BCUT2D eigenvalue weighted by atomic mass is 127. The van der Waals surface area contributed by atoms with Crippen LogP contribution < -0.4 is 15.4 Å². The van der Waals surface area contributed by atoms with Gasteiger partial charge in [0, 0.05) is 42.4 Å². The fourth-order valence-electron chi connectivity index (χ4n) is 3.87. The maximum absolute atomic E-state index is 12.4. The van der Waals surface area contributed by atoms with Gasteiger partial charge in [-0.05, 0) is 49.2 Å². The van der Waals surface area contributed by atoms with Gasteiger partial charge in [0.25, 0.3) is 0 Å². The molecular formula is C24H35IN4O2S. The Kier molecular flexibility index (Phi) is 12.0. The minimum absolute atomic E-state index is 0. The first-order chi connectivity index (χ1) is 15.2. The van der Waals surface area contributed by atoms with Gasteiger partial charge in [-0.1, -0.05) is 42.5 Å². The number of hydrogen-bond acceptors (Lipinski definition) is 4. The lowest BCUT2D eigenvalue weighted by molar-refractivity contribution is 0.245. The van der Waals surface area contributed by atoms with Crippen LogP contribution in [0, 0.1) is 0 Å². The molecule has 0 aliphatic carbocycles. The second-order valence-electron chi connectivity index (χ2n) is 7.69. The normalized spacial score (nSPS) is 16.1. The highest BCUT2D eigenvalue weighted by molar-refractivity contribution is 14.0. The molecule has 1 aliphatic rings. The van der Waals surface area contributed by atoms with Crippen molar-refractivity contribution in [3.05, 3.63) is 65.7 Å². The zero-order valence-corrected chi connectivity index (χ0v) is 22.1. The maximum Gasteiger partial charge on any atom is 0.191 e. The van der Waals surface area contributed by atoms with Crippen LogP contribution in [0.1, 0.15) is 30.0 Å². The lowest BCUT2D eigenvalue weighted by Gasteiger charge is -2.29. The Hall–Kier alpha value is -1.65. The molecule has 1 fully saturated rings. The summed E-state index contributed by atoms with van der Waals surface area (Å²) >= 11 is 0. The van der Waals surface area contributed by atoms with E-state index in [1.165, 1.54) is 18.4 Å². The van der Waals surface area contributed by atoms with E-state index in [1.807, 2.05) is 42.5 Å². The van der Waals surface area contributed by atoms with Crippen LogP contribution >= 0.6 is 24.0 Å². The lowest BCUT2D eigenvalue weighted by atomic mass is 10.1. The number of nitrogens with one attached hydrogen (secondary N) is 2. The van der Waals surface area contributed by atoms with E-state index in [0.29, 0.717) is 18.1 Å². The summed E-state index contributed by atoms with van der Waals surface area (Å²) in [4.78, 5) is 6.87. The van der Waals surface area contributed by atoms with Gasteiger partial charge in [-0.25, -0.2) is 0 Å². The van der Waals surface area contributed by atoms with Crippen molar-refractivity contribution in [2.45, 2.75) is 24.6 Å². The molecule has 0 bridgehead atoms. The van der Waals surface area contributed by atoms with Gasteiger partial charge in [0.1, 0.15) is 5.75 Å². The van der Waals surface area contributed by atoms with E-state index in [4.69, 9.17) is 4.74 Å². The summed E-state index contributed by atoms with van der Waals surface area (Å²) in [5, 5.41) is 6.77. The fraction of sp³-hybridized carbons (Fsp3) is 0.458. The van der Waals surface area contributed by atoms with Crippen LogP contribution in [0.15, 0.2) is 59.6 Å². The van der Waals surface area contributed by atoms with Gasteiger partial charge in [-0.15, -0.1) is 24.0 Å². The standard InChI is InChI=1S/C24H34N4O2S.HI/c1-25-24(26-14-17-31(29)19-20-8-4-3-5-9-20)27-18-23(28-15-6-7-16-28)21-10-12-22(30-2)13-11-21;/h3-5,8-13,23H,6-7,14-19H2,1-2H3,(H2,25,26,27);1H. The van der Waals surface area contributed by atoms with Crippen molar-refractivity contribution in [1.29, 1.82) is 0 Å². The molecule has 2 N–H and O–H groups in total. The van der Waals surface area contributed by atoms with Crippen LogP contribution in [-0.2, 0) is 16.6 Å². The van der Waals surface area contributed by atoms with Crippen LogP contribution in [0.5, 0.6) is 5.75 Å². The first-order valence-corrected chi connectivity index (χ1v) is 12.4. The predicted molar refractivity (Wildman–Crippen MR) is 144 cm³/mol. The van der Waals surface area contributed by atoms with Crippen LogP contribution in [0.25, 0.3) is 0 Å². The van der Waals surface area contributed by atoms with Crippen molar-refractivity contribution in [2.75, 3.05) is 46.1 Å². The molecule has 176 valence electrons. The molecule has 3 rings (SSSR count). The molecule has 1 heterocycles. The van der Waals surface area contributed by atoms with Crippen LogP contribution in [0.3, 0.4) is 0 Å². The lowest BCUT2D eigenvalue weighted by Crippen LogP contribution is -2.43. The Morgan fingerprint density at radius 1 is 1.09 bits per heavy atom. The van der Waals surface area contributed by atoms with Crippen molar-refractivity contribution in [2.24, 2.45) is 4.99 Å². The van der Waals surface area contributed by atoms with Crippen molar-refractivity contribution < 1.29 is 8.95 Å². The van der Waals surface area contributed by atoms with Crippen molar-refractivity contribution in [3.8, 4) is 5.75 Å². The van der Waals surface area contributed by atoms with E-state index in [2.05, 4.69) is 32.7 Å². The molecule has 0 radical (unpaired) electrons. The Morgan fingerprint density at radius 2 is 1.78 bits per heavy atom. The molecule has 0 spiro atoms. The molecule has 32 heavy (non-hydrogen) atoms. The van der Waals surface area contributed by atoms with Gasteiger partial charge in [-0.3, -0.25) is 14.1 Å². The van der Waals surface area contributed by atoms with E-state index < -0.39 is 10.8 Å². The van der Waals surface area contributed by atoms with Crippen molar-refractivity contribution in [1.82, 2.24) is 15.5 Å². The Morgan fingerprint density at radius 3 is 2.41 bits per heavy atom. The third-order valence-electron chi connectivity index (χ3n) is 5.56. The average Bonchev–Trinajstić information content (AvgIpc) is 3.33. The highest BCUT2D eigenvalue weighted by Crippen LogP contribution is 2.26. The Bertz CT molecular complexity index is 843. The van der Waals surface area contributed by atoms with Gasteiger partial charge in [0.05, 0.1) is 13.2 Å². The minimum atomic E-state index is -0.902. The van der Waals surface area contributed by atoms with Crippen LogP contribution in [0.2, 0.25) is 0 Å². The SMILES string of the molecule is CN=C(NCCS(=O)Cc1ccccc1)NCC(c1ccc(OC)cc1)N1CCCC1.I. The fourth-order valence-corrected chi connectivity index (χ4v) is 4.90. The van der Waals surface area contributed by atoms with E-state index in [9.17, 15) is 4.21 Å². The number of guanidine groups is 1. The number of aliphatic imine (C=N–C) groups is 1. The van der Waals surface area contributed by atoms with Gasteiger partial charge in [0.2, 0.25) is 0 Å². The number of benzene rings is 2. The Balaban J connectivity index is 0.00000363. The molecule has 1 saturated heterocycles. The first kappa shape index (κ1) is 26.6. The van der Waals surface area contributed by atoms with Crippen molar-refractivity contribution in [3.63, 3.8) is 0 Å². The van der Waals surface area contributed by atoms with Gasteiger partial charge in [0.15, 0.2) is 5.96 Å². The summed E-state index contributed by atoms with van der Waals surface area (Å²) in [7, 11) is 2.56. The molecule has 2 unspecified atom stereocenters. The van der Waals surface area contributed by atoms with E-state index in [-0.39, 0.29) is 30.0 Å². The largest absolute Gasteiger partial charge is 0.497 e. The molecular weight excluding hydrogens is 535 g/mol. The average molecular weight is 571 g/mol. The van der Waals surface area contributed by atoms with Gasteiger partial charge in [-0.2, -0.15) is 0 Å². The second-order valence-corrected chi connectivity index (χ2v) is 9.26. The summed E-state index contributed by atoms with van der Waals surface area (Å²) in [6.07, 6.45) is 2.49. The summed E-state index contributed by atoms with van der Waals surface area (Å²) in [6.45, 7) is 3.61. The van der Waals surface area contributed by atoms with Crippen LogP contribution in [-0.4, -0.2) is 61.2 Å². The number of likely N-dealkylation sites (tertiary alicyclic amines) is 1. The zero-order chi connectivity index (χ0) is 21.9. The summed E-state index contributed by atoms with van der Waals surface area (Å²) in [5.74, 6) is 2.79. The smallest absolute Gasteiger partial charge is 0.191 e. The molecule has 0 amide bonds. The van der Waals surface area contributed by atoms with E-state index >= 15 is 0 Å². The zero-order valence-electron chi connectivity index (χ0n) is 19.0. The monoisotopic (exact) mass is 570 g/mol. The highest BCUT2D eigenvalue weighted by Gasteiger charge is 2.23. The second kappa shape index (κ2) is 14.5. The minimum Gasteiger partial charge on any atom is -0.497 e. The number of halogens is 1. The first-order valence-electron chi connectivity index (χ1n) is 10.9. The third kappa shape index (κ3) is 8.37. The number of rotatable bonds is 10. The molecule has 8 heteroatoms. The number of hydrogen-bond donors (Lipinski definition) is 2. The Labute approximate surface area is 211 Å². The van der Waals surface area contributed by atoms with Crippen LogP contribution in [0.4, 0.5) is 0 Å². The molecule has 2 atom stereocenters. The van der Waals surface area contributed by atoms with E-state index in [1.54, 1.807) is 14.2 Å².